The van der Waals surface area contributed by atoms with Gasteiger partial charge in [0.15, 0.2) is 0 Å². The second-order valence-electron chi connectivity index (χ2n) is 3.86. The lowest BCUT2D eigenvalue weighted by Gasteiger charge is -2.03. The molecule has 0 saturated heterocycles. The maximum absolute atomic E-state index is 5.43. The van der Waals surface area contributed by atoms with Gasteiger partial charge < -0.3 is 10.1 Å². The van der Waals surface area contributed by atoms with Crippen molar-refractivity contribution in [2.45, 2.75) is 20.4 Å². The third-order valence-corrected chi connectivity index (χ3v) is 3.39. The molecule has 0 aliphatic carbocycles. The first-order chi connectivity index (χ1) is 8.83. The van der Waals surface area contributed by atoms with Gasteiger partial charge in [-0.2, -0.15) is 0 Å². The van der Waals surface area contributed by atoms with Gasteiger partial charge in [-0.05, 0) is 37.7 Å². The molecule has 4 heteroatoms. The summed E-state index contributed by atoms with van der Waals surface area (Å²) in [6, 6.07) is 8.08. The van der Waals surface area contributed by atoms with Crippen LogP contribution in [0.2, 0.25) is 0 Å². The van der Waals surface area contributed by atoms with E-state index in [0.29, 0.717) is 6.61 Å². The Morgan fingerprint density at radius 3 is 2.67 bits per heavy atom. The van der Waals surface area contributed by atoms with Crippen LogP contribution in [0.25, 0.3) is 11.3 Å². The minimum absolute atomic E-state index is 0.697. The molecule has 1 heterocycles. The summed E-state index contributed by atoms with van der Waals surface area (Å²) < 4.78 is 5.43. The molecule has 2 aromatic rings. The van der Waals surface area contributed by atoms with Crippen molar-refractivity contribution in [2.75, 3.05) is 13.2 Å². The van der Waals surface area contributed by atoms with E-state index in [9.17, 15) is 0 Å². The van der Waals surface area contributed by atoms with Gasteiger partial charge in [0.1, 0.15) is 10.8 Å². The van der Waals surface area contributed by atoms with Gasteiger partial charge in [0, 0.05) is 17.5 Å². The van der Waals surface area contributed by atoms with E-state index in [-0.39, 0.29) is 0 Å². The summed E-state index contributed by atoms with van der Waals surface area (Å²) in [6.07, 6.45) is 0. The molecule has 0 atom stereocenters. The monoisotopic (exact) mass is 262 g/mol. The number of ether oxygens (including phenoxy) is 1. The summed E-state index contributed by atoms with van der Waals surface area (Å²) in [6.45, 7) is 6.60. The Bertz CT molecular complexity index is 479. The highest BCUT2D eigenvalue weighted by Crippen LogP contribution is 2.24. The van der Waals surface area contributed by atoms with Crippen LogP contribution >= 0.6 is 11.3 Å². The Kier molecular flexibility index (Phi) is 4.73. The molecule has 0 aliphatic rings. The SMILES string of the molecule is CCNCc1nc(-c2ccc(OCC)cc2)cs1. The maximum Gasteiger partial charge on any atom is 0.119 e. The molecular weight excluding hydrogens is 244 g/mol. The van der Waals surface area contributed by atoms with Crippen LogP contribution in [0.5, 0.6) is 5.75 Å². The van der Waals surface area contributed by atoms with Crippen molar-refractivity contribution in [3.63, 3.8) is 0 Å². The number of benzene rings is 1. The van der Waals surface area contributed by atoms with Crippen molar-refractivity contribution in [2.24, 2.45) is 0 Å². The quantitative estimate of drug-likeness (QED) is 0.867. The van der Waals surface area contributed by atoms with Crippen LogP contribution in [0.15, 0.2) is 29.6 Å². The van der Waals surface area contributed by atoms with Crippen molar-refractivity contribution < 1.29 is 4.74 Å². The number of nitrogens with zero attached hydrogens (tertiary/aromatic N) is 1. The van der Waals surface area contributed by atoms with Gasteiger partial charge in [0.05, 0.1) is 12.3 Å². The van der Waals surface area contributed by atoms with Crippen LogP contribution in [-0.2, 0) is 6.54 Å². The number of hydrogen-bond donors (Lipinski definition) is 1. The molecule has 1 N–H and O–H groups in total. The van der Waals surface area contributed by atoms with E-state index in [2.05, 4.69) is 34.7 Å². The van der Waals surface area contributed by atoms with Crippen molar-refractivity contribution in [3.8, 4) is 17.0 Å². The number of aromatic nitrogens is 1. The van der Waals surface area contributed by atoms with Gasteiger partial charge >= 0.3 is 0 Å². The molecule has 0 unspecified atom stereocenters. The Labute approximate surface area is 112 Å². The Balaban J connectivity index is 2.08. The Morgan fingerprint density at radius 2 is 2.00 bits per heavy atom. The molecule has 0 radical (unpaired) electrons. The van der Waals surface area contributed by atoms with E-state index in [1.807, 2.05) is 19.1 Å². The molecule has 0 spiro atoms. The molecule has 0 amide bonds. The molecule has 0 aliphatic heterocycles. The largest absolute Gasteiger partial charge is 0.494 e. The van der Waals surface area contributed by atoms with Crippen molar-refractivity contribution in [1.29, 1.82) is 0 Å². The number of rotatable bonds is 6. The van der Waals surface area contributed by atoms with Gasteiger partial charge in [0.2, 0.25) is 0 Å². The average molecular weight is 262 g/mol. The summed E-state index contributed by atoms with van der Waals surface area (Å²) in [5.41, 5.74) is 2.17. The Hall–Kier alpha value is -1.39. The van der Waals surface area contributed by atoms with Crippen molar-refractivity contribution in [1.82, 2.24) is 10.3 Å². The predicted octanol–water partition coefficient (Wildman–Crippen LogP) is 3.32. The fourth-order valence-electron chi connectivity index (χ4n) is 1.65. The van der Waals surface area contributed by atoms with E-state index in [1.165, 1.54) is 0 Å². The third-order valence-electron chi connectivity index (χ3n) is 2.54. The van der Waals surface area contributed by atoms with Crippen LogP contribution in [0.1, 0.15) is 18.9 Å². The zero-order chi connectivity index (χ0) is 12.8. The first-order valence-corrected chi connectivity index (χ1v) is 7.09. The van der Waals surface area contributed by atoms with Crippen molar-refractivity contribution >= 4 is 11.3 Å². The van der Waals surface area contributed by atoms with Gasteiger partial charge in [0.25, 0.3) is 0 Å². The minimum atomic E-state index is 0.697. The highest BCUT2D eigenvalue weighted by Gasteiger charge is 2.04. The second kappa shape index (κ2) is 6.52. The number of thiazole rings is 1. The summed E-state index contributed by atoms with van der Waals surface area (Å²) in [5.74, 6) is 0.907. The lowest BCUT2D eigenvalue weighted by molar-refractivity contribution is 0.340. The smallest absolute Gasteiger partial charge is 0.119 e. The van der Waals surface area contributed by atoms with E-state index in [0.717, 1.165) is 35.1 Å². The molecule has 18 heavy (non-hydrogen) atoms. The third kappa shape index (κ3) is 3.31. The van der Waals surface area contributed by atoms with E-state index < -0.39 is 0 Å². The molecule has 3 nitrogen and oxygen atoms in total. The normalized spacial score (nSPS) is 10.6. The van der Waals surface area contributed by atoms with Crippen LogP contribution in [0, 0.1) is 0 Å². The maximum atomic E-state index is 5.43. The molecule has 1 aromatic carbocycles. The molecule has 0 bridgehead atoms. The topological polar surface area (TPSA) is 34.2 Å². The first-order valence-electron chi connectivity index (χ1n) is 6.21. The zero-order valence-corrected chi connectivity index (χ0v) is 11.6. The van der Waals surface area contributed by atoms with Crippen LogP contribution in [0.3, 0.4) is 0 Å². The Morgan fingerprint density at radius 1 is 1.22 bits per heavy atom. The number of hydrogen-bond acceptors (Lipinski definition) is 4. The summed E-state index contributed by atoms with van der Waals surface area (Å²) in [7, 11) is 0. The van der Waals surface area contributed by atoms with Crippen LogP contribution in [0.4, 0.5) is 0 Å². The molecule has 0 fully saturated rings. The summed E-state index contributed by atoms with van der Waals surface area (Å²) in [5, 5.41) is 6.51. The predicted molar refractivity (Wildman–Crippen MR) is 76.1 cm³/mol. The molecule has 96 valence electrons. The van der Waals surface area contributed by atoms with Crippen LogP contribution in [-0.4, -0.2) is 18.1 Å². The van der Waals surface area contributed by atoms with Gasteiger partial charge in [-0.25, -0.2) is 4.98 Å². The lowest BCUT2D eigenvalue weighted by Crippen LogP contribution is -2.11. The van der Waals surface area contributed by atoms with E-state index in [1.54, 1.807) is 11.3 Å². The highest BCUT2D eigenvalue weighted by molar-refractivity contribution is 7.09. The average Bonchev–Trinajstić information content (AvgIpc) is 2.86. The van der Waals surface area contributed by atoms with Crippen molar-refractivity contribution in [3.05, 3.63) is 34.7 Å². The minimum Gasteiger partial charge on any atom is -0.494 e. The molecule has 0 saturated carbocycles. The van der Waals surface area contributed by atoms with Gasteiger partial charge in [-0.3, -0.25) is 0 Å². The number of nitrogens with one attached hydrogen (secondary N) is 1. The lowest BCUT2D eigenvalue weighted by atomic mass is 10.2. The first kappa shape index (κ1) is 13.1. The van der Waals surface area contributed by atoms with Gasteiger partial charge in [-0.15, -0.1) is 11.3 Å². The van der Waals surface area contributed by atoms with E-state index >= 15 is 0 Å². The highest BCUT2D eigenvalue weighted by atomic mass is 32.1. The summed E-state index contributed by atoms with van der Waals surface area (Å²) >= 11 is 1.69. The van der Waals surface area contributed by atoms with Crippen LogP contribution < -0.4 is 10.1 Å². The second-order valence-corrected chi connectivity index (χ2v) is 4.81. The fraction of sp³-hybridized carbons (Fsp3) is 0.357. The summed E-state index contributed by atoms with van der Waals surface area (Å²) in [4.78, 5) is 4.61. The molecule has 2 rings (SSSR count). The molecule has 1 aromatic heterocycles. The zero-order valence-electron chi connectivity index (χ0n) is 10.8. The standard InChI is InChI=1S/C14H18N2OS/c1-3-15-9-14-16-13(10-18-14)11-5-7-12(8-6-11)17-4-2/h5-8,10,15H,3-4,9H2,1-2H3. The van der Waals surface area contributed by atoms with Gasteiger partial charge in [-0.1, -0.05) is 6.92 Å². The fourth-order valence-corrected chi connectivity index (χ4v) is 2.42. The molecular formula is C14H18N2OS. The van der Waals surface area contributed by atoms with E-state index in [4.69, 9.17) is 4.74 Å².